The average Bonchev–Trinajstić information content (AvgIpc) is 1.74. The first-order valence-corrected chi connectivity index (χ1v) is 35.2. The summed E-state index contributed by atoms with van der Waals surface area (Å²) >= 11 is 26.6. The summed E-state index contributed by atoms with van der Waals surface area (Å²) in [5.74, 6) is 0.561. The molecule has 24 nitrogen and oxygen atoms in total. The van der Waals surface area contributed by atoms with Crippen LogP contribution in [0, 0.1) is 13.8 Å². The van der Waals surface area contributed by atoms with Gasteiger partial charge in [0.1, 0.15) is 57.6 Å². The minimum absolute atomic E-state index is 0.0292. The van der Waals surface area contributed by atoms with E-state index < -0.39 is 42.5 Å². The maximum atomic E-state index is 14.0. The number of carbonyl (C=O) groups excluding carboxylic acids is 2. The van der Waals surface area contributed by atoms with Gasteiger partial charge < -0.3 is 47.3 Å². The lowest BCUT2D eigenvalue weighted by atomic mass is 10.1. The Balaban J connectivity index is 0.000000223. The molecule has 2 fully saturated rings. The maximum absolute atomic E-state index is 14.0. The standard InChI is InChI=1S/2C31H36Cl2N6O4S.H2O4S/c2*1-21-18-26(38-17-13-34-20-38)22-8-5-10-27(30(22)35-21)43-19-23-24(32)11-12-28(29(23)33)44(41,42)39-16-6-9-25(39)31(40)37(4)15-7-14-36(2)3;1-5(2,3)4/h2*5,8,10-13,17-18,20,25H,6-7,9,14-16,19H2,1-4H3;(H2,1,2,3,4)/p-2/t2*25-;/m00./s1. The highest BCUT2D eigenvalue weighted by Gasteiger charge is 2.43. The van der Waals surface area contributed by atoms with E-state index in [0.29, 0.717) is 72.4 Å². The van der Waals surface area contributed by atoms with Crippen LogP contribution < -0.4 is 9.47 Å². The van der Waals surface area contributed by atoms with Crippen LogP contribution in [0.5, 0.6) is 11.5 Å². The van der Waals surface area contributed by atoms with E-state index in [-0.39, 0.29) is 68.0 Å². The molecule has 0 bridgehead atoms. The van der Waals surface area contributed by atoms with Crippen LogP contribution in [0.2, 0.25) is 20.1 Å². The van der Waals surface area contributed by atoms with Crippen molar-refractivity contribution in [3.63, 3.8) is 0 Å². The summed E-state index contributed by atoms with van der Waals surface area (Å²) < 4.78 is 109. The lowest BCUT2D eigenvalue weighted by Gasteiger charge is -2.28. The monoisotopic (exact) mass is 1410 g/mol. The molecule has 4 aromatic carbocycles. The number of halogens is 4. The number of ether oxygens (including phenoxy) is 2. The zero-order valence-corrected chi connectivity index (χ0v) is 57.9. The SMILES string of the molecule is Cc1cc(-n2ccnc2)c2cccc(OCc3c(Cl)ccc(S(=O)(=O)N4CCC[C@H]4C(=O)N(C)CCCN(C)C)c3Cl)c2n1.Cc1cc(-n2ccnc2)c2cccc(OCc3c(Cl)ccc(S(=O)(=O)N4CCC[C@H]4C(=O)N(C)CCCN(C)C)c3Cl)c2n1.O=S(=O)([O-])[O-]. The molecule has 2 atom stereocenters. The van der Waals surface area contributed by atoms with Crippen LogP contribution in [0.4, 0.5) is 0 Å². The van der Waals surface area contributed by atoms with E-state index in [2.05, 4.69) is 9.97 Å². The molecule has 31 heteroatoms. The number of para-hydroxylation sites is 2. The fraction of sp³-hybridized carbons (Fsp3) is 0.387. The normalized spacial score (nSPS) is 15.5. The van der Waals surface area contributed by atoms with E-state index in [1.54, 1.807) is 61.1 Å². The molecule has 10 rings (SSSR count). The lowest BCUT2D eigenvalue weighted by Crippen LogP contribution is -2.47. The highest BCUT2D eigenvalue weighted by molar-refractivity contribution is 7.89. The van der Waals surface area contributed by atoms with Gasteiger partial charge in [-0.1, -0.05) is 70.7 Å². The quantitative estimate of drug-likeness (QED) is 0.0452. The molecule has 4 aromatic heterocycles. The van der Waals surface area contributed by atoms with Crippen LogP contribution in [-0.4, -0.2) is 197 Å². The van der Waals surface area contributed by atoms with Crippen molar-refractivity contribution in [3.05, 3.63) is 153 Å². The van der Waals surface area contributed by atoms with Crippen LogP contribution in [0.15, 0.2) is 120 Å². The number of nitrogens with zero attached hydrogens (tertiary/aromatic N) is 12. The summed E-state index contributed by atoms with van der Waals surface area (Å²) in [6, 6.07) is 19.4. The van der Waals surface area contributed by atoms with Crippen molar-refractivity contribution in [1.29, 1.82) is 0 Å². The van der Waals surface area contributed by atoms with Crippen LogP contribution in [0.3, 0.4) is 0 Å². The Labute approximate surface area is 562 Å². The zero-order valence-electron chi connectivity index (χ0n) is 52.4. The molecule has 2 aliphatic heterocycles. The van der Waals surface area contributed by atoms with Crippen molar-refractivity contribution in [2.75, 3.05) is 81.6 Å². The highest BCUT2D eigenvalue weighted by Crippen LogP contribution is 2.40. The molecule has 500 valence electrons. The molecule has 0 aliphatic carbocycles. The summed E-state index contributed by atoms with van der Waals surface area (Å²) in [5, 5.41) is 2.20. The number of pyridine rings is 2. The van der Waals surface area contributed by atoms with Crippen molar-refractivity contribution in [3.8, 4) is 22.9 Å². The van der Waals surface area contributed by atoms with Gasteiger partial charge in [0.2, 0.25) is 31.9 Å². The molecule has 2 amide bonds. The van der Waals surface area contributed by atoms with E-state index in [0.717, 1.165) is 59.5 Å². The predicted molar refractivity (Wildman–Crippen MR) is 355 cm³/mol. The largest absolute Gasteiger partial charge is 0.759 e. The Morgan fingerprint density at radius 1 is 0.570 bits per heavy atom. The van der Waals surface area contributed by atoms with Crippen LogP contribution >= 0.6 is 46.4 Å². The van der Waals surface area contributed by atoms with Gasteiger partial charge in [0.05, 0.1) is 34.1 Å². The Bertz CT molecular complexity index is 4060. The van der Waals surface area contributed by atoms with E-state index in [1.807, 2.05) is 110 Å². The molecular formula is C62H72Cl4N12O12S3-2. The van der Waals surface area contributed by atoms with Crippen molar-refractivity contribution in [1.82, 2.24) is 57.3 Å². The molecule has 6 heterocycles. The van der Waals surface area contributed by atoms with Gasteiger partial charge in [-0.2, -0.15) is 8.61 Å². The number of imidazole rings is 2. The molecule has 8 aromatic rings. The Morgan fingerprint density at radius 2 is 0.946 bits per heavy atom. The first kappa shape index (κ1) is 72.3. The maximum Gasteiger partial charge on any atom is 0.245 e. The number of rotatable bonds is 22. The number of sulfonamides is 2. The van der Waals surface area contributed by atoms with Crippen LogP contribution in [0.25, 0.3) is 33.2 Å². The molecule has 0 N–H and O–H groups in total. The third kappa shape index (κ3) is 17.7. The predicted octanol–water partition coefficient (Wildman–Crippen LogP) is 9.02. The minimum Gasteiger partial charge on any atom is -0.759 e. The molecule has 0 saturated carbocycles. The van der Waals surface area contributed by atoms with Gasteiger partial charge in [-0.3, -0.25) is 18.0 Å². The van der Waals surface area contributed by atoms with Gasteiger partial charge in [0, 0.05) is 119 Å². The van der Waals surface area contributed by atoms with Gasteiger partial charge in [-0.05, 0) is 142 Å². The van der Waals surface area contributed by atoms with Crippen molar-refractivity contribution < 1.29 is 53.4 Å². The first-order valence-electron chi connectivity index (χ1n) is 29.4. The molecule has 93 heavy (non-hydrogen) atoms. The van der Waals surface area contributed by atoms with Crippen molar-refractivity contribution >= 4 is 110 Å². The minimum atomic E-state index is -5.17. The zero-order chi connectivity index (χ0) is 67.7. The summed E-state index contributed by atoms with van der Waals surface area (Å²) in [6.07, 6.45) is 14.2. The molecule has 2 saturated heterocycles. The summed E-state index contributed by atoms with van der Waals surface area (Å²) in [5.41, 5.74) is 5.32. The first-order chi connectivity index (χ1) is 44.0. The summed E-state index contributed by atoms with van der Waals surface area (Å²) in [6.45, 7) is 6.82. The van der Waals surface area contributed by atoms with Gasteiger partial charge in [-0.15, -0.1) is 0 Å². The number of aromatic nitrogens is 6. The second-order valence-electron chi connectivity index (χ2n) is 22.9. The van der Waals surface area contributed by atoms with Gasteiger partial charge in [0.15, 0.2) is 0 Å². The molecule has 0 radical (unpaired) electrons. The van der Waals surface area contributed by atoms with Gasteiger partial charge in [-0.25, -0.2) is 36.8 Å². The number of carbonyl (C=O) groups is 2. The van der Waals surface area contributed by atoms with E-state index >= 15 is 0 Å². The third-order valence-corrected chi connectivity index (χ3v) is 21.2. The van der Waals surface area contributed by atoms with Crippen LogP contribution in [0.1, 0.15) is 61.0 Å². The smallest absolute Gasteiger partial charge is 0.245 e. The average molecular weight is 1420 g/mol. The Kier molecular flexibility index (Phi) is 24.3. The van der Waals surface area contributed by atoms with Crippen LogP contribution in [-0.2, 0) is 53.2 Å². The Morgan fingerprint density at radius 3 is 1.29 bits per heavy atom. The number of hydrogen-bond acceptors (Lipinski definition) is 18. The van der Waals surface area contributed by atoms with E-state index in [1.165, 1.54) is 32.9 Å². The second-order valence-corrected chi connectivity index (χ2v) is 29.0. The van der Waals surface area contributed by atoms with Crippen molar-refractivity contribution in [2.24, 2.45) is 0 Å². The lowest BCUT2D eigenvalue weighted by molar-refractivity contribution is -0.134. The van der Waals surface area contributed by atoms with Gasteiger partial charge >= 0.3 is 0 Å². The van der Waals surface area contributed by atoms with Gasteiger partial charge in [0.25, 0.3) is 0 Å². The van der Waals surface area contributed by atoms with Crippen molar-refractivity contribution in [2.45, 2.75) is 87.5 Å². The molecule has 0 unspecified atom stereocenters. The number of hydrogen-bond donors (Lipinski definition) is 0. The number of fused-ring (bicyclic) bond motifs is 2. The number of likely N-dealkylation sites (N-methyl/N-ethyl adjacent to an activating group) is 2. The Hall–Kier alpha value is -6.57. The number of benzene rings is 4. The number of aryl methyl sites for hydroxylation is 2. The third-order valence-electron chi connectivity index (χ3n) is 15.5. The van der Waals surface area contributed by atoms with E-state index in [4.69, 9.17) is 83.4 Å². The topological polar surface area (TPSA) is 282 Å². The fourth-order valence-electron chi connectivity index (χ4n) is 11.0. The summed E-state index contributed by atoms with van der Waals surface area (Å²) in [4.78, 5) is 51.5. The number of amides is 2. The fourth-order valence-corrected chi connectivity index (χ4v) is 16.0. The summed E-state index contributed by atoms with van der Waals surface area (Å²) in [7, 11) is -2.07. The molecule has 2 aliphatic rings. The highest BCUT2D eigenvalue weighted by atomic mass is 35.5. The second kappa shape index (κ2) is 31.3. The molecule has 0 spiro atoms. The molecular weight excluding hydrogens is 1340 g/mol. The van der Waals surface area contributed by atoms with E-state index in [9.17, 15) is 26.4 Å².